The Morgan fingerprint density at radius 2 is 1.94 bits per heavy atom. The van der Waals surface area contributed by atoms with E-state index in [2.05, 4.69) is 25.7 Å². The number of unbranched alkanes of at least 4 members (excludes halogenated alkanes) is 1. The van der Waals surface area contributed by atoms with Crippen molar-refractivity contribution in [3.8, 4) is 0 Å². The number of nitrogens with zero attached hydrogens (tertiary/aromatic N) is 1. The summed E-state index contributed by atoms with van der Waals surface area (Å²) in [6.45, 7) is 8.86. The molecule has 1 aliphatic heterocycles. The fourth-order valence-corrected chi connectivity index (χ4v) is 2.88. The van der Waals surface area contributed by atoms with E-state index in [4.69, 9.17) is 4.74 Å². The zero-order valence-electron chi connectivity index (χ0n) is 12.4. The number of piperidine rings is 1. The summed E-state index contributed by atoms with van der Waals surface area (Å²) in [6, 6.07) is -0.0111. The van der Waals surface area contributed by atoms with Gasteiger partial charge in [0.25, 0.3) is 0 Å². The van der Waals surface area contributed by atoms with Gasteiger partial charge in [-0.1, -0.05) is 33.6 Å². The van der Waals surface area contributed by atoms with E-state index in [1.165, 1.54) is 20.0 Å². The smallest absolute Gasteiger partial charge is 0.323 e. The normalized spacial score (nSPS) is 20.1. The zero-order valence-corrected chi connectivity index (χ0v) is 12.4. The molecule has 1 aliphatic rings. The van der Waals surface area contributed by atoms with Gasteiger partial charge in [0, 0.05) is 0 Å². The molecule has 0 amide bonds. The fraction of sp³-hybridized carbons (Fsp3) is 0.933. The summed E-state index contributed by atoms with van der Waals surface area (Å²) < 4.78 is 4.96. The Bertz CT molecular complexity index is 245. The van der Waals surface area contributed by atoms with Gasteiger partial charge >= 0.3 is 5.97 Å². The van der Waals surface area contributed by atoms with Crippen molar-refractivity contribution in [2.24, 2.45) is 11.8 Å². The molecule has 0 N–H and O–H groups in total. The van der Waals surface area contributed by atoms with Crippen LogP contribution in [-0.2, 0) is 9.53 Å². The summed E-state index contributed by atoms with van der Waals surface area (Å²) in [4.78, 5) is 14.2. The predicted octanol–water partition coefficient (Wildman–Crippen LogP) is 3.09. The summed E-state index contributed by atoms with van der Waals surface area (Å²) in [5.41, 5.74) is 0. The maximum absolute atomic E-state index is 11.9. The Morgan fingerprint density at radius 1 is 1.33 bits per heavy atom. The molecule has 1 rings (SSSR count). The van der Waals surface area contributed by atoms with Crippen LogP contribution < -0.4 is 0 Å². The van der Waals surface area contributed by atoms with Crippen LogP contribution in [0.2, 0.25) is 0 Å². The topological polar surface area (TPSA) is 29.5 Å². The molecule has 1 saturated heterocycles. The molecule has 1 heterocycles. The van der Waals surface area contributed by atoms with Crippen LogP contribution in [0.15, 0.2) is 0 Å². The van der Waals surface area contributed by atoms with E-state index in [1.54, 1.807) is 0 Å². The first kappa shape index (κ1) is 15.5. The van der Waals surface area contributed by atoms with Gasteiger partial charge in [0.1, 0.15) is 6.04 Å². The number of rotatable bonds is 6. The molecule has 0 aliphatic carbocycles. The minimum Gasteiger partial charge on any atom is -0.468 e. The lowest BCUT2D eigenvalue weighted by Crippen LogP contribution is -2.46. The van der Waals surface area contributed by atoms with Gasteiger partial charge in [0.05, 0.1) is 7.11 Å². The molecule has 1 atom stereocenters. The molecule has 0 saturated carbocycles. The molecule has 106 valence electrons. The van der Waals surface area contributed by atoms with Crippen LogP contribution in [0.25, 0.3) is 0 Å². The van der Waals surface area contributed by atoms with Crippen LogP contribution in [0.3, 0.4) is 0 Å². The number of ether oxygens (including phenoxy) is 1. The number of methoxy groups -OCH3 is 1. The third kappa shape index (κ3) is 4.27. The van der Waals surface area contributed by atoms with Crippen LogP contribution in [-0.4, -0.2) is 37.1 Å². The third-order valence-electron chi connectivity index (χ3n) is 4.26. The van der Waals surface area contributed by atoms with Crippen molar-refractivity contribution >= 4 is 5.97 Å². The SMILES string of the molecule is CCCCC(C(=O)OC)N1CCC(C(C)C)CC1. The summed E-state index contributed by atoms with van der Waals surface area (Å²) in [5, 5.41) is 0. The first-order valence-corrected chi connectivity index (χ1v) is 7.42. The molecule has 3 nitrogen and oxygen atoms in total. The van der Waals surface area contributed by atoms with E-state index < -0.39 is 0 Å². The van der Waals surface area contributed by atoms with E-state index in [0.29, 0.717) is 0 Å². The maximum Gasteiger partial charge on any atom is 0.323 e. The minimum absolute atomic E-state index is 0.0111. The van der Waals surface area contributed by atoms with E-state index in [9.17, 15) is 4.79 Å². The van der Waals surface area contributed by atoms with Gasteiger partial charge in [-0.25, -0.2) is 0 Å². The van der Waals surface area contributed by atoms with E-state index >= 15 is 0 Å². The highest BCUT2D eigenvalue weighted by molar-refractivity contribution is 5.75. The summed E-state index contributed by atoms with van der Waals surface area (Å²) in [7, 11) is 1.50. The molecule has 18 heavy (non-hydrogen) atoms. The van der Waals surface area contributed by atoms with Gasteiger partial charge in [-0.05, 0) is 44.2 Å². The highest BCUT2D eigenvalue weighted by Crippen LogP contribution is 2.26. The van der Waals surface area contributed by atoms with Crippen molar-refractivity contribution in [1.82, 2.24) is 4.90 Å². The highest BCUT2D eigenvalue weighted by atomic mass is 16.5. The molecule has 3 heteroatoms. The molecule has 0 aromatic rings. The summed E-state index contributed by atoms with van der Waals surface area (Å²) in [5.74, 6) is 1.54. The average molecular weight is 255 g/mol. The lowest BCUT2D eigenvalue weighted by molar-refractivity contribution is -0.148. The highest BCUT2D eigenvalue weighted by Gasteiger charge is 2.30. The molecular formula is C15H29NO2. The van der Waals surface area contributed by atoms with Crippen molar-refractivity contribution in [2.45, 2.75) is 58.9 Å². The molecular weight excluding hydrogens is 226 g/mol. The lowest BCUT2D eigenvalue weighted by Gasteiger charge is -2.37. The number of hydrogen-bond donors (Lipinski definition) is 0. The monoisotopic (exact) mass is 255 g/mol. The van der Waals surface area contributed by atoms with Crippen molar-refractivity contribution in [2.75, 3.05) is 20.2 Å². The van der Waals surface area contributed by atoms with Gasteiger partial charge in [-0.2, -0.15) is 0 Å². The second kappa shape index (κ2) is 7.78. The van der Waals surface area contributed by atoms with Crippen molar-refractivity contribution in [3.63, 3.8) is 0 Å². The van der Waals surface area contributed by atoms with E-state index in [0.717, 1.165) is 44.2 Å². The largest absolute Gasteiger partial charge is 0.468 e. The van der Waals surface area contributed by atoms with Crippen LogP contribution in [0.5, 0.6) is 0 Å². The number of hydrogen-bond acceptors (Lipinski definition) is 3. The van der Waals surface area contributed by atoms with Crippen molar-refractivity contribution in [3.05, 3.63) is 0 Å². The molecule has 0 bridgehead atoms. The van der Waals surface area contributed by atoms with E-state index in [1.807, 2.05) is 0 Å². The Balaban J connectivity index is 2.51. The van der Waals surface area contributed by atoms with Crippen LogP contribution in [0, 0.1) is 11.8 Å². The molecule has 0 aromatic heterocycles. The van der Waals surface area contributed by atoms with Gasteiger partial charge < -0.3 is 4.74 Å². The quantitative estimate of drug-likeness (QED) is 0.683. The molecule has 0 radical (unpaired) electrons. The van der Waals surface area contributed by atoms with Crippen LogP contribution in [0.4, 0.5) is 0 Å². The summed E-state index contributed by atoms with van der Waals surface area (Å²) in [6.07, 6.45) is 5.61. The average Bonchev–Trinajstić information content (AvgIpc) is 2.39. The lowest BCUT2D eigenvalue weighted by atomic mass is 9.86. The first-order valence-electron chi connectivity index (χ1n) is 7.42. The van der Waals surface area contributed by atoms with Gasteiger partial charge in [-0.15, -0.1) is 0 Å². The first-order chi connectivity index (χ1) is 8.60. The van der Waals surface area contributed by atoms with Crippen LogP contribution in [0.1, 0.15) is 52.9 Å². The predicted molar refractivity (Wildman–Crippen MR) is 74.5 cm³/mol. The molecule has 0 aromatic carbocycles. The maximum atomic E-state index is 11.9. The van der Waals surface area contributed by atoms with E-state index in [-0.39, 0.29) is 12.0 Å². The van der Waals surface area contributed by atoms with Crippen LogP contribution >= 0.6 is 0 Å². The molecule has 0 spiro atoms. The Labute approximate surface area is 112 Å². The van der Waals surface area contributed by atoms with Gasteiger partial charge in [-0.3, -0.25) is 9.69 Å². The fourth-order valence-electron chi connectivity index (χ4n) is 2.88. The van der Waals surface area contributed by atoms with Gasteiger partial charge in [0.2, 0.25) is 0 Å². The standard InChI is InChI=1S/C15H29NO2/c1-5-6-7-14(15(17)18-4)16-10-8-13(9-11-16)12(2)3/h12-14H,5-11H2,1-4H3. The molecule has 1 fully saturated rings. The minimum atomic E-state index is -0.0496. The third-order valence-corrected chi connectivity index (χ3v) is 4.26. The molecule has 1 unspecified atom stereocenters. The Kier molecular flexibility index (Phi) is 6.69. The van der Waals surface area contributed by atoms with Crippen molar-refractivity contribution < 1.29 is 9.53 Å². The zero-order chi connectivity index (χ0) is 13.5. The van der Waals surface area contributed by atoms with Gasteiger partial charge in [0.15, 0.2) is 0 Å². The number of carbonyl (C=O) groups is 1. The Morgan fingerprint density at radius 3 is 2.39 bits per heavy atom. The van der Waals surface area contributed by atoms with Crippen molar-refractivity contribution in [1.29, 1.82) is 0 Å². The number of likely N-dealkylation sites (tertiary alicyclic amines) is 1. The second-order valence-corrected chi connectivity index (χ2v) is 5.80. The number of carbonyl (C=O) groups excluding carboxylic acids is 1. The second-order valence-electron chi connectivity index (χ2n) is 5.80. The summed E-state index contributed by atoms with van der Waals surface area (Å²) >= 11 is 0. The number of esters is 1. The Hall–Kier alpha value is -0.570.